The molecule has 0 amide bonds. The highest BCUT2D eigenvalue weighted by Crippen LogP contribution is 2.13. The number of likely N-dealkylation sites (tertiary alicyclic amines) is 1. The SMILES string of the molecule is CCCCN1CCCCC(F)C1. The second kappa shape index (κ2) is 5.52. The molecule has 0 bridgehead atoms. The lowest BCUT2D eigenvalue weighted by atomic mass is 10.2. The summed E-state index contributed by atoms with van der Waals surface area (Å²) in [5, 5.41) is 0. The maximum Gasteiger partial charge on any atom is 0.113 e. The Balaban J connectivity index is 2.21. The topological polar surface area (TPSA) is 3.24 Å². The Morgan fingerprint density at radius 2 is 2.25 bits per heavy atom. The van der Waals surface area contributed by atoms with Crippen molar-refractivity contribution in [3.63, 3.8) is 0 Å². The van der Waals surface area contributed by atoms with Crippen LogP contribution in [-0.4, -0.2) is 30.7 Å². The molecule has 72 valence electrons. The van der Waals surface area contributed by atoms with Gasteiger partial charge in [0.2, 0.25) is 0 Å². The third-order valence-corrected chi connectivity index (χ3v) is 2.53. The minimum Gasteiger partial charge on any atom is -0.300 e. The van der Waals surface area contributed by atoms with Crippen LogP contribution in [0.5, 0.6) is 0 Å². The normalized spacial score (nSPS) is 27.0. The highest BCUT2D eigenvalue weighted by Gasteiger charge is 2.16. The van der Waals surface area contributed by atoms with E-state index in [0.29, 0.717) is 6.54 Å². The molecule has 0 N–H and O–H groups in total. The fourth-order valence-corrected chi connectivity index (χ4v) is 1.75. The summed E-state index contributed by atoms with van der Waals surface area (Å²) in [6.45, 7) is 5.07. The second-order valence-corrected chi connectivity index (χ2v) is 3.75. The van der Waals surface area contributed by atoms with Gasteiger partial charge < -0.3 is 4.90 Å². The van der Waals surface area contributed by atoms with Crippen LogP contribution in [0.2, 0.25) is 0 Å². The first-order chi connectivity index (χ1) is 5.83. The monoisotopic (exact) mass is 173 g/mol. The quantitative estimate of drug-likeness (QED) is 0.634. The number of nitrogens with zero attached hydrogens (tertiary/aromatic N) is 1. The zero-order valence-electron chi connectivity index (χ0n) is 8.06. The van der Waals surface area contributed by atoms with Crippen LogP contribution in [0.15, 0.2) is 0 Å². The highest BCUT2D eigenvalue weighted by molar-refractivity contribution is 4.69. The fraction of sp³-hybridized carbons (Fsp3) is 1.00. The molecule has 0 radical (unpaired) electrons. The first kappa shape index (κ1) is 9.97. The van der Waals surface area contributed by atoms with Crippen LogP contribution in [0.3, 0.4) is 0 Å². The molecule has 0 saturated carbocycles. The second-order valence-electron chi connectivity index (χ2n) is 3.75. The molecule has 0 aromatic rings. The summed E-state index contributed by atoms with van der Waals surface area (Å²) in [6, 6.07) is 0. The molecule has 0 aromatic carbocycles. The van der Waals surface area contributed by atoms with Gasteiger partial charge in [0.25, 0.3) is 0 Å². The van der Waals surface area contributed by atoms with E-state index in [1.54, 1.807) is 0 Å². The van der Waals surface area contributed by atoms with Crippen LogP contribution in [0, 0.1) is 0 Å². The number of rotatable bonds is 3. The Labute approximate surface area is 74.9 Å². The van der Waals surface area contributed by atoms with Gasteiger partial charge in [0.15, 0.2) is 0 Å². The molecular formula is C10H20FN. The van der Waals surface area contributed by atoms with Crippen molar-refractivity contribution in [1.82, 2.24) is 4.90 Å². The van der Waals surface area contributed by atoms with Crippen molar-refractivity contribution in [1.29, 1.82) is 0 Å². The molecule has 1 heterocycles. The van der Waals surface area contributed by atoms with Crippen LogP contribution in [0.1, 0.15) is 39.0 Å². The standard InChI is InChI=1S/C10H20FN/c1-2-3-7-12-8-5-4-6-10(11)9-12/h10H,2-9H2,1H3. The van der Waals surface area contributed by atoms with Crippen LogP contribution >= 0.6 is 0 Å². The van der Waals surface area contributed by atoms with Gasteiger partial charge in [-0.3, -0.25) is 0 Å². The van der Waals surface area contributed by atoms with E-state index in [-0.39, 0.29) is 0 Å². The third kappa shape index (κ3) is 3.53. The maximum absolute atomic E-state index is 13.1. The molecule has 1 unspecified atom stereocenters. The summed E-state index contributed by atoms with van der Waals surface area (Å²) in [6.07, 6.45) is 4.90. The molecule has 0 aliphatic carbocycles. The number of unbranched alkanes of at least 4 members (excludes halogenated alkanes) is 1. The molecular weight excluding hydrogens is 153 g/mol. The Bertz CT molecular complexity index is 116. The van der Waals surface area contributed by atoms with Crippen molar-refractivity contribution in [2.24, 2.45) is 0 Å². The summed E-state index contributed by atoms with van der Waals surface area (Å²) < 4.78 is 13.1. The van der Waals surface area contributed by atoms with E-state index in [4.69, 9.17) is 0 Å². The van der Waals surface area contributed by atoms with Gasteiger partial charge in [-0.05, 0) is 38.8 Å². The van der Waals surface area contributed by atoms with Crippen molar-refractivity contribution < 1.29 is 4.39 Å². The van der Waals surface area contributed by atoms with Gasteiger partial charge in [-0.15, -0.1) is 0 Å². The summed E-state index contributed by atoms with van der Waals surface area (Å²) >= 11 is 0. The van der Waals surface area contributed by atoms with E-state index in [9.17, 15) is 4.39 Å². The van der Waals surface area contributed by atoms with Crippen molar-refractivity contribution >= 4 is 0 Å². The Kier molecular flexibility index (Phi) is 4.59. The van der Waals surface area contributed by atoms with Gasteiger partial charge in [0.1, 0.15) is 6.17 Å². The van der Waals surface area contributed by atoms with E-state index in [1.165, 1.54) is 19.3 Å². The summed E-state index contributed by atoms with van der Waals surface area (Å²) in [7, 11) is 0. The van der Waals surface area contributed by atoms with Gasteiger partial charge in [-0.1, -0.05) is 13.3 Å². The van der Waals surface area contributed by atoms with E-state index >= 15 is 0 Å². The number of hydrogen-bond acceptors (Lipinski definition) is 1. The van der Waals surface area contributed by atoms with Crippen molar-refractivity contribution in [2.75, 3.05) is 19.6 Å². The summed E-state index contributed by atoms with van der Waals surface area (Å²) in [5.74, 6) is 0. The van der Waals surface area contributed by atoms with Crippen LogP contribution < -0.4 is 0 Å². The van der Waals surface area contributed by atoms with Crippen LogP contribution in [0.25, 0.3) is 0 Å². The highest BCUT2D eigenvalue weighted by atomic mass is 19.1. The Morgan fingerprint density at radius 1 is 1.42 bits per heavy atom. The van der Waals surface area contributed by atoms with Gasteiger partial charge in [-0.2, -0.15) is 0 Å². The predicted molar refractivity (Wildman–Crippen MR) is 50.1 cm³/mol. The van der Waals surface area contributed by atoms with E-state index in [0.717, 1.165) is 25.9 Å². The first-order valence-electron chi connectivity index (χ1n) is 5.19. The van der Waals surface area contributed by atoms with Crippen molar-refractivity contribution in [2.45, 2.75) is 45.2 Å². The lowest BCUT2D eigenvalue weighted by Gasteiger charge is -2.20. The third-order valence-electron chi connectivity index (χ3n) is 2.53. The fourth-order valence-electron chi connectivity index (χ4n) is 1.75. The van der Waals surface area contributed by atoms with Crippen LogP contribution in [-0.2, 0) is 0 Å². The molecule has 1 aliphatic rings. The smallest absolute Gasteiger partial charge is 0.113 e. The zero-order valence-corrected chi connectivity index (χ0v) is 8.06. The van der Waals surface area contributed by atoms with E-state index < -0.39 is 6.17 Å². The van der Waals surface area contributed by atoms with Gasteiger partial charge in [0, 0.05) is 6.54 Å². The number of alkyl halides is 1. The van der Waals surface area contributed by atoms with E-state index in [1.807, 2.05) is 0 Å². The van der Waals surface area contributed by atoms with Crippen LogP contribution in [0.4, 0.5) is 4.39 Å². The average Bonchev–Trinajstić information content (AvgIpc) is 2.26. The largest absolute Gasteiger partial charge is 0.300 e. The molecule has 1 rings (SSSR count). The van der Waals surface area contributed by atoms with Gasteiger partial charge in [0.05, 0.1) is 0 Å². The number of hydrogen-bond donors (Lipinski definition) is 0. The maximum atomic E-state index is 13.1. The first-order valence-corrected chi connectivity index (χ1v) is 5.19. The molecule has 1 aliphatic heterocycles. The lowest BCUT2D eigenvalue weighted by Crippen LogP contribution is -2.30. The minimum absolute atomic E-state index is 0.565. The molecule has 12 heavy (non-hydrogen) atoms. The Morgan fingerprint density at radius 3 is 3.00 bits per heavy atom. The molecule has 1 saturated heterocycles. The van der Waals surface area contributed by atoms with Gasteiger partial charge in [-0.25, -0.2) is 4.39 Å². The summed E-state index contributed by atoms with van der Waals surface area (Å²) in [4.78, 5) is 2.28. The lowest BCUT2D eigenvalue weighted by molar-refractivity contribution is 0.205. The molecule has 2 heteroatoms. The molecule has 0 aromatic heterocycles. The van der Waals surface area contributed by atoms with Crippen molar-refractivity contribution in [3.05, 3.63) is 0 Å². The van der Waals surface area contributed by atoms with Crippen molar-refractivity contribution in [3.8, 4) is 0 Å². The predicted octanol–water partition coefficient (Wildman–Crippen LogP) is 2.61. The summed E-state index contributed by atoms with van der Waals surface area (Å²) in [5.41, 5.74) is 0. The molecule has 1 nitrogen and oxygen atoms in total. The van der Waals surface area contributed by atoms with E-state index in [2.05, 4.69) is 11.8 Å². The molecule has 0 spiro atoms. The van der Waals surface area contributed by atoms with Gasteiger partial charge >= 0.3 is 0 Å². The number of halogens is 1. The Hall–Kier alpha value is -0.110. The average molecular weight is 173 g/mol. The molecule has 1 fully saturated rings. The zero-order chi connectivity index (χ0) is 8.81. The minimum atomic E-state index is -0.565. The molecule has 1 atom stereocenters.